The predicted molar refractivity (Wildman–Crippen MR) is 91.9 cm³/mol. The van der Waals surface area contributed by atoms with Gasteiger partial charge in [0.15, 0.2) is 0 Å². The molecular formula is C16H17Br2NO2. The highest BCUT2D eigenvalue weighted by molar-refractivity contribution is 9.10. The summed E-state index contributed by atoms with van der Waals surface area (Å²) in [7, 11) is 1.70. The molecule has 0 aliphatic carbocycles. The molecule has 5 heteroatoms. The maximum atomic E-state index is 6.00. The van der Waals surface area contributed by atoms with Crippen LogP contribution in [0.25, 0.3) is 0 Å². The zero-order valence-electron chi connectivity index (χ0n) is 11.7. The Morgan fingerprint density at radius 3 is 2.62 bits per heavy atom. The van der Waals surface area contributed by atoms with Crippen molar-refractivity contribution in [1.82, 2.24) is 5.32 Å². The van der Waals surface area contributed by atoms with Gasteiger partial charge < -0.3 is 14.8 Å². The van der Waals surface area contributed by atoms with E-state index in [2.05, 4.69) is 43.2 Å². The van der Waals surface area contributed by atoms with Crippen LogP contribution in [-0.4, -0.2) is 20.3 Å². The van der Waals surface area contributed by atoms with Crippen molar-refractivity contribution < 1.29 is 9.47 Å². The van der Waals surface area contributed by atoms with Gasteiger partial charge in [-0.05, 0) is 30.3 Å². The first-order valence-electron chi connectivity index (χ1n) is 6.60. The number of hydrogen-bond donors (Lipinski definition) is 1. The van der Waals surface area contributed by atoms with Crippen LogP contribution in [0.3, 0.4) is 0 Å². The fourth-order valence-electron chi connectivity index (χ4n) is 1.82. The topological polar surface area (TPSA) is 30.5 Å². The van der Waals surface area contributed by atoms with Crippen molar-refractivity contribution in [3.8, 4) is 11.5 Å². The van der Waals surface area contributed by atoms with Gasteiger partial charge in [0.1, 0.15) is 11.5 Å². The molecule has 0 heterocycles. The summed E-state index contributed by atoms with van der Waals surface area (Å²) in [5.74, 6) is 1.65. The van der Waals surface area contributed by atoms with Crippen molar-refractivity contribution in [3.05, 3.63) is 57.0 Å². The highest BCUT2D eigenvalue weighted by Gasteiger charge is 2.06. The van der Waals surface area contributed by atoms with Crippen LogP contribution in [0, 0.1) is 0 Å². The quantitative estimate of drug-likeness (QED) is 0.663. The van der Waals surface area contributed by atoms with Gasteiger partial charge in [0.05, 0.1) is 6.61 Å². The third-order valence-corrected chi connectivity index (χ3v) is 3.84. The van der Waals surface area contributed by atoms with Gasteiger partial charge in [0, 0.05) is 34.7 Å². The lowest BCUT2D eigenvalue weighted by Crippen LogP contribution is -2.18. The SMILES string of the molecule is COCCNCc1ccc(Br)cc1Oc1cccc(Br)c1. The minimum atomic E-state index is 0.693. The van der Waals surface area contributed by atoms with Crippen molar-refractivity contribution in [2.75, 3.05) is 20.3 Å². The molecule has 0 amide bonds. The van der Waals surface area contributed by atoms with E-state index < -0.39 is 0 Å². The van der Waals surface area contributed by atoms with Crippen molar-refractivity contribution in [2.24, 2.45) is 0 Å². The van der Waals surface area contributed by atoms with Crippen LogP contribution in [0.15, 0.2) is 51.4 Å². The molecule has 0 saturated heterocycles. The Hall–Kier alpha value is -0.880. The summed E-state index contributed by atoms with van der Waals surface area (Å²) in [5.41, 5.74) is 1.11. The van der Waals surface area contributed by atoms with Gasteiger partial charge in [-0.25, -0.2) is 0 Å². The molecular weight excluding hydrogens is 398 g/mol. The van der Waals surface area contributed by atoms with Crippen LogP contribution in [0.1, 0.15) is 5.56 Å². The van der Waals surface area contributed by atoms with Crippen LogP contribution >= 0.6 is 31.9 Å². The number of ether oxygens (including phenoxy) is 2. The summed E-state index contributed by atoms with van der Waals surface area (Å²) in [5, 5.41) is 3.33. The van der Waals surface area contributed by atoms with E-state index in [1.54, 1.807) is 7.11 Å². The molecule has 0 spiro atoms. The Morgan fingerprint density at radius 1 is 1.05 bits per heavy atom. The minimum absolute atomic E-state index is 0.693. The van der Waals surface area contributed by atoms with E-state index in [0.717, 1.165) is 39.1 Å². The van der Waals surface area contributed by atoms with Gasteiger partial charge in [-0.1, -0.05) is 44.0 Å². The zero-order valence-corrected chi connectivity index (χ0v) is 14.9. The molecule has 1 N–H and O–H groups in total. The molecule has 0 atom stereocenters. The molecule has 2 aromatic rings. The van der Waals surface area contributed by atoms with E-state index in [1.165, 1.54) is 0 Å². The number of methoxy groups -OCH3 is 1. The molecule has 0 bridgehead atoms. The number of halogens is 2. The highest BCUT2D eigenvalue weighted by atomic mass is 79.9. The predicted octanol–water partition coefficient (Wildman–Crippen LogP) is 4.74. The first-order valence-corrected chi connectivity index (χ1v) is 8.19. The number of nitrogens with one attached hydrogen (secondary N) is 1. The first kappa shape index (κ1) is 16.5. The first-order chi connectivity index (χ1) is 10.2. The Labute approximate surface area is 141 Å². The maximum Gasteiger partial charge on any atom is 0.133 e. The van der Waals surface area contributed by atoms with Crippen LogP contribution in [-0.2, 0) is 11.3 Å². The van der Waals surface area contributed by atoms with Gasteiger partial charge >= 0.3 is 0 Å². The lowest BCUT2D eigenvalue weighted by molar-refractivity contribution is 0.199. The van der Waals surface area contributed by atoms with Crippen LogP contribution in [0.2, 0.25) is 0 Å². The molecule has 21 heavy (non-hydrogen) atoms. The Morgan fingerprint density at radius 2 is 1.86 bits per heavy atom. The Balaban J connectivity index is 2.11. The molecule has 0 aromatic heterocycles. The van der Waals surface area contributed by atoms with Crippen molar-refractivity contribution in [3.63, 3.8) is 0 Å². The molecule has 0 aliphatic heterocycles. The standard InChI is InChI=1S/C16H17Br2NO2/c1-20-8-7-19-11-12-5-6-14(18)10-16(12)21-15-4-2-3-13(17)9-15/h2-6,9-10,19H,7-8,11H2,1H3. The summed E-state index contributed by atoms with van der Waals surface area (Å²) in [6.45, 7) is 2.24. The lowest BCUT2D eigenvalue weighted by Gasteiger charge is -2.13. The highest BCUT2D eigenvalue weighted by Crippen LogP contribution is 2.30. The van der Waals surface area contributed by atoms with Crippen molar-refractivity contribution in [2.45, 2.75) is 6.54 Å². The summed E-state index contributed by atoms with van der Waals surface area (Å²) >= 11 is 6.94. The van der Waals surface area contributed by atoms with Gasteiger partial charge in [0.25, 0.3) is 0 Å². The molecule has 112 valence electrons. The third-order valence-electron chi connectivity index (χ3n) is 2.85. The fraction of sp³-hybridized carbons (Fsp3) is 0.250. The zero-order chi connectivity index (χ0) is 15.1. The summed E-state index contributed by atoms with van der Waals surface area (Å²) in [6, 6.07) is 13.9. The van der Waals surface area contributed by atoms with Gasteiger partial charge in [0.2, 0.25) is 0 Å². The normalized spacial score (nSPS) is 10.6. The molecule has 0 unspecified atom stereocenters. The van der Waals surface area contributed by atoms with E-state index in [-0.39, 0.29) is 0 Å². The second kappa shape index (κ2) is 8.54. The van der Waals surface area contributed by atoms with E-state index in [9.17, 15) is 0 Å². The number of rotatable bonds is 7. The summed E-state index contributed by atoms with van der Waals surface area (Å²) < 4.78 is 13.0. The average Bonchev–Trinajstić information content (AvgIpc) is 2.45. The monoisotopic (exact) mass is 413 g/mol. The fourth-order valence-corrected chi connectivity index (χ4v) is 2.54. The van der Waals surface area contributed by atoms with E-state index in [4.69, 9.17) is 9.47 Å². The summed E-state index contributed by atoms with van der Waals surface area (Å²) in [6.07, 6.45) is 0. The minimum Gasteiger partial charge on any atom is -0.457 e. The van der Waals surface area contributed by atoms with Gasteiger partial charge in [-0.2, -0.15) is 0 Å². The average molecular weight is 415 g/mol. The molecule has 3 nitrogen and oxygen atoms in total. The Bertz CT molecular complexity index is 590. The van der Waals surface area contributed by atoms with Gasteiger partial charge in [-0.3, -0.25) is 0 Å². The molecule has 0 fully saturated rings. The maximum absolute atomic E-state index is 6.00. The van der Waals surface area contributed by atoms with Crippen LogP contribution in [0.4, 0.5) is 0 Å². The lowest BCUT2D eigenvalue weighted by atomic mass is 10.2. The smallest absolute Gasteiger partial charge is 0.133 e. The molecule has 2 rings (SSSR count). The summed E-state index contributed by atoms with van der Waals surface area (Å²) in [4.78, 5) is 0. The van der Waals surface area contributed by atoms with E-state index in [0.29, 0.717) is 6.61 Å². The van der Waals surface area contributed by atoms with Gasteiger partial charge in [-0.15, -0.1) is 0 Å². The third kappa shape index (κ3) is 5.43. The van der Waals surface area contributed by atoms with E-state index >= 15 is 0 Å². The Kier molecular flexibility index (Phi) is 6.70. The second-order valence-electron chi connectivity index (χ2n) is 4.48. The second-order valence-corrected chi connectivity index (χ2v) is 6.31. The molecule has 0 radical (unpaired) electrons. The van der Waals surface area contributed by atoms with Crippen LogP contribution < -0.4 is 10.1 Å². The number of benzene rings is 2. The van der Waals surface area contributed by atoms with Crippen LogP contribution in [0.5, 0.6) is 11.5 Å². The molecule has 0 saturated carbocycles. The van der Waals surface area contributed by atoms with Crippen molar-refractivity contribution >= 4 is 31.9 Å². The molecule has 0 aliphatic rings. The largest absolute Gasteiger partial charge is 0.457 e. The molecule has 2 aromatic carbocycles. The number of hydrogen-bond acceptors (Lipinski definition) is 3. The van der Waals surface area contributed by atoms with Crippen molar-refractivity contribution in [1.29, 1.82) is 0 Å². The van der Waals surface area contributed by atoms with E-state index in [1.807, 2.05) is 36.4 Å².